The van der Waals surface area contributed by atoms with Crippen LogP contribution in [0.1, 0.15) is 27.3 Å². The highest BCUT2D eigenvalue weighted by atomic mass is 79.9. The summed E-state index contributed by atoms with van der Waals surface area (Å²) < 4.78 is 12.8. The Morgan fingerprint density at radius 2 is 1.94 bits per heavy atom. The van der Waals surface area contributed by atoms with E-state index in [1.54, 1.807) is 13.0 Å². The molecule has 2 heterocycles. The van der Waals surface area contributed by atoms with Crippen molar-refractivity contribution in [2.24, 2.45) is 0 Å². The lowest BCUT2D eigenvalue weighted by atomic mass is 10.2. The van der Waals surface area contributed by atoms with Gasteiger partial charge in [-0.3, -0.25) is 9.59 Å². The van der Waals surface area contributed by atoms with E-state index in [2.05, 4.69) is 36.9 Å². The summed E-state index contributed by atoms with van der Waals surface area (Å²) in [5.74, 6) is 0.708. The Morgan fingerprint density at radius 1 is 1.13 bits per heavy atom. The summed E-state index contributed by atoms with van der Waals surface area (Å²) in [7, 11) is 0. The Balaban J connectivity index is 1.36. The molecule has 0 unspecified atom stereocenters. The number of aromatic nitrogens is 3. The average Bonchev–Trinajstić information content (AvgIpc) is 3.35. The molecule has 2 N–H and O–H groups in total. The Bertz CT molecular complexity index is 1160. The smallest absolute Gasteiger partial charge is 0.278 e. The second-order valence-corrected chi connectivity index (χ2v) is 7.94. The molecule has 4 rings (SSSR count). The molecular weight excluding hydrogens is 466 g/mol. The van der Waals surface area contributed by atoms with Gasteiger partial charge in [0.2, 0.25) is 12.7 Å². The van der Waals surface area contributed by atoms with Crippen LogP contribution < -0.4 is 20.1 Å². The first-order chi connectivity index (χ1) is 14.9. The molecule has 0 radical (unpaired) electrons. The molecule has 0 aliphatic carbocycles. The van der Waals surface area contributed by atoms with Crippen molar-refractivity contribution in [3.63, 3.8) is 0 Å². The first-order valence-electron chi connectivity index (χ1n) is 9.53. The lowest BCUT2D eigenvalue weighted by Gasteiger charge is -2.08. The van der Waals surface area contributed by atoms with Crippen molar-refractivity contribution >= 4 is 33.4 Å². The van der Waals surface area contributed by atoms with Gasteiger partial charge in [0, 0.05) is 11.0 Å². The number of aryl methyl sites for hydroxylation is 1. The van der Waals surface area contributed by atoms with Gasteiger partial charge in [-0.2, -0.15) is 0 Å². The van der Waals surface area contributed by atoms with E-state index < -0.39 is 5.91 Å². The molecule has 2 amide bonds. The lowest BCUT2D eigenvalue weighted by Crippen LogP contribution is -2.28. The van der Waals surface area contributed by atoms with Gasteiger partial charge < -0.3 is 20.1 Å². The van der Waals surface area contributed by atoms with Crippen LogP contribution in [0.4, 0.5) is 5.69 Å². The molecule has 0 bridgehead atoms. The molecule has 160 valence electrons. The van der Waals surface area contributed by atoms with E-state index in [-0.39, 0.29) is 24.9 Å². The predicted molar refractivity (Wildman–Crippen MR) is 116 cm³/mol. The number of hydrogen-bond acceptors (Lipinski definition) is 6. The van der Waals surface area contributed by atoms with Crippen LogP contribution in [0, 0.1) is 13.8 Å². The Labute approximate surface area is 186 Å². The van der Waals surface area contributed by atoms with Gasteiger partial charge in [-0.1, -0.05) is 17.3 Å². The third-order valence-corrected chi connectivity index (χ3v) is 5.45. The largest absolute Gasteiger partial charge is 0.454 e. The van der Waals surface area contributed by atoms with E-state index in [4.69, 9.17) is 9.47 Å². The molecule has 10 heteroatoms. The summed E-state index contributed by atoms with van der Waals surface area (Å²) in [5, 5.41) is 13.5. The Morgan fingerprint density at radius 3 is 2.74 bits per heavy atom. The number of carbonyl (C=O) groups excluding carboxylic acids is 2. The maximum Gasteiger partial charge on any atom is 0.278 e. The summed E-state index contributed by atoms with van der Waals surface area (Å²) in [6, 6.07) is 11.1. The average molecular weight is 486 g/mol. The number of ether oxygens (including phenoxy) is 2. The number of hydrogen-bond donors (Lipinski definition) is 2. The first-order valence-corrected chi connectivity index (χ1v) is 10.3. The number of carbonyl (C=O) groups is 2. The zero-order valence-corrected chi connectivity index (χ0v) is 18.5. The van der Waals surface area contributed by atoms with E-state index in [1.807, 2.05) is 37.3 Å². The zero-order valence-electron chi connectivity index (χ0n) is 16.9. The van der Waals surface area contributed by atoms with Crippen molar-refractivity contribution in [3.8, 4) is 11.5 Å². The summed E-state index contributed by atoms with van der Waals surface area (Å²) >= 11 is 3.43. The van der Waals surface area contributed by atoms with Crippen molar-refractivity contribution in [1.82, 2.24) is 20.3 Å². The molecule has 0 spiro atoms. The molecule has 0 atom stereocenters. The fraction of sp³-hybridized carbons (Fsp3) is 0.238. The van der Waals surface area contributed by atoms with E-state index in [0.29, 0.717) is 29.4 Å². The van der Waals surface area contributed by atoms with Gasteiger partial charge >= 0.3 is 0 Å². The number of benzene rings is 2. The zero-order chi connectivity index (χ0) is 22.0. The quantitative estimate of drug-likeness (QED) is 0.555. The maximum atomic E-state index is 12.6. The normalized spacial score (nSPS) is 12.0. The van der Waals surface area contributed by atoms with Gasteiger partial charge in [-0.25, -0.2) is 4.68 Å². The van der Waals surface area contributed by atoms with Crippen LogP contribution in [0.25, 0.3) is 0 Å². The summed E-state index contributed by atoms with van der Waals surface area (Å²) in [6.07, 6.45) is 0. The van der Waals surface area contributed by atoms with Crippen molar-refractivity contribution in [1.29, 1.82) is 0 Å². The van der Waals surface area contributed by atoms with E-state index >= 15 is 0 Å². The molecule has 1 aromatic heterocycles. The number of fused-ring (bicyclic) bond motifs is 1. The van der Waals surface area contributed by atoms with Gasteiger partial charge in [-0.15, -0.1) is 5.10 Å². The third kappa shape index (κ3) is 4.69. The molecule has 0 saturated carbocycles. The van der Waals surface area contributed by atoms with Crippen LogP contribution in [0.5, 0.6) is 11.5 Å². The van der Waals surface area contributed by atoms with Gasteiger partial charge in [-0.05, 0) is 65.2 Å². The van der Waals surface area contributed by atoms with Crippen LogP contribution in [0.2, 0.25) is 0 Å². The molecule has 3 aromatic rings. The molecular formula is C21H20BrN5O4. The molecule has 1 aliphatic rings. The molecule has 2 aromatic carbocycles. The monoisotopic (exact) mass is 485 g/mol. The fourth-order valence-electron chi connectivity index (χ4n) is 3.07. The van der Waals surface area contributed by atoms with Crippen LogP contribution in [0.15, 0.2) is 40.9 Å². The minimum absolute atomic E-state index is 0.0507. The maximum absolute atomic E-state index is 12.6. The van der Waals surface area contributed by atoms with Crippen molar-refractivity contribution in [3.05, 3.63) is 63.4 Å². The second-order valence-electron chi connectivity index (χ2n) is 7.08. The molecule has 0 fully saturated rings. The first kappa shape index (κ1) is 20.9. The molecule has 1 aliphatic heterocycles. The van der Waals surface area contributed by atoms with E-state index in [9.17, 15) is 9.59 Å². The highest BCUT2D eigenvalue weighted by molar-refractivity contribution is 9.10. The molecule has 0 saturated heterocycles. The van der Waals surface area contributed by atoms with Crippen molar-refractivity contribution in [2.45, 2.75) is 26.9 Å². The Kier molecular flexibility index (Phi) is 5.90. The highest BCUT2D eigenvalue weighted by Gasteiger charge is 2.19. The number of rotatable bonds is 6. The topological polar surface area (TPSA) is 107 Å². The van der Waals surface area contributed by atoms with Gasteiger partial charge in [0.25, 0.3) is 5.91 Å². The standard InChI is InChI=1S/C21H20BrN5O4/c1-12-3-5-16(15(22)7-12)24-21(29)20-13(2)27(26-25-20)10-19(28)23-9-14-4-6-17-18(8-14)31-11-30-17/h3-8H,9-11H2,1-2H3,(H,23,28)(H,24,29). The fourth-order valence-corrected chi connectivity index (χ4v) is 3.66. The lowest BCUT2D eigenvalue weighted by molar-refractivity contribution is -0.122. The van der Waals surface area contributed by atoms with Crippen molar-refractivity contribution in [2.75, 3.05) is 12.1 Å². The molecule has 9 nitrogen and oxygen atoms in total. The minimum Gasteiger partial charge on any atom is -0.454 e. The van der Waals surface area contributed by atoms with Gasteiger partial charge in [0.05, 0.1) is 11.4 Å². The van der Waals surface area contributed by atoms with Crippen LogP contribution in [-0.4, -0.2) is 33.6 Å². The minimum atomic E-state index is -0.394. The molecule has 31 heavy (non-hydrogen) atoms. The van der Waals surface area contributed by atoms with Crippen LogP contribution in [-0.2, 0) is 17.9 Å². The summed E-state index contributed by atoms with van der Waals surface area (Å²) in [6.45, 7) is 4.14. The predicted octanol–water partition coefficient (Wildman–Crippen LogP) is 2.95. The highest BCUT2D eigenvalue weighted by Crippen LogP contribution is 2.32. The SMILES string of the molecule is Cc1ccc(NC(=O)c2nnn(CC(=O)NCc3ccc4c(c3)OCO4)c2C)c(Br)c1. The summed E-state index contributed by atoms with van der Waals surface area (Å²) in [5.41, 5.74) is 3.25. The van der Waals surface area contributed by atoms with Crippen molar-refractivity contribution < 1.29 is 19.1 Å². The summed E-state index contributed by atoms with van der Waals surface area (Å²) in [4.78, 5) is 25.0. The van der Waals surface area contributed by atoms with Crippen LogP contribution >= 0.6 is 15.9 Å². The van der Waals surface area contributed by atoms with E-state index in [1.165, 1.54) is 4.68 Å². The third-order valence-electron chi connectivity index (χ3n) is 4.79. The number of nitrogens with one attached hydrogen (secondary N) is 2. The second kappa shape index (κ2) is 8.76. The van der Waals surface area contributed by atoms with Gasteiger partial charge in [0.1, 0.15) is 6.54 Å². The van der Waals surface area contributed by atoms with E-state index in [0.717, 1.165) is 15.6 Å². The number of anilines is 1. The van der Waals surface area contributed by atoms with Gasteiger partial charge in [0.15, 0.2) is 17.2 Å². The number of nitrogens with zero attached hydrogens (tertiary/aromatic N) is 3. The van der Waals surface area contributed by atoms with Crippen LogP contribution in [0.3, 0.4) is 0 Å². The Hall–Kier alpha value is -3.40. The number of halogens is 1. The number of amides is 2.